The van der Waals surface area contributed by atoms with Crippen molar-refractivity contribution in [2.45, 2.75) is 12.8 Å². The van der Waals surface area contributed by atoms with Gasteiger partial charge in [0.1, 0.15) is 0 Å². The van der Waals surface area contributed by atoms with Gasteiger partial charge in [0, 0.05) is 19.6 Å². The molecule has 13 heavy (non-hydrogen) atoms. The van der Waals surface area contributed by atoms with Crippen LogP contribution in [0, 0.1) is 0 Å². The number of morpholine rings is 1. The Morgan fingerprint density at radius 2 is 2.15 bits per heavy atom. The Bertz CT molecular complexity index is 214. The minimum Gasteiger partial charge on any atom is -0.379 e. The third-order valence-corrected chi connectivity index (χ3v) is 2.63. The van der Waals surface area contributed by atoms with Crippen LogP contribution in [0.3, 0.4) is 0 Å². The highest BCUT2D eigenvalue weighted by Gasteiger charge is 2.11. The lowest BCUT2D eigenvalue weighted by Crippen LogP contribution is -2.37. The monoisotopic (exact) mass is 179 g/mol. The summed E-state index contributed by atoms with van der Waals surface area (Å²) in [4.78, 5) is 2.48. The maximum Gasteiger partial charge on any atom is 0.0594 e. The Labute approximate surface area is 79.9 Å². The van der Waals surface area contributed by atoms with E-state index in [0.717, 1.165) is 32.8 Å². The minimum absolute atomic E-state index is 0.906. The van der Waals surface area contributed by atoms with Crippen LogP contribution in [0.5, 0.6) is 0 Å². The van der Waals surface area contributed by atoms with E-state index in [4.69, 9.17) is 4.74 Å². The molecule has 1 heterocycles. The summed E-state index contributed by atoms with van der Waals surface area (Å²) >= 11 is 0. The topological polar surface area (TPSA) is 12.5 Å². The number of ether oxygens (including phenoxy) is 1. The van der Waals surface area contributed by atoms with Gasteiger partial charge >= 0.3 is 0 Å². The van der Waals surface area contributed by atoms with Crippen molar-refractivity contribution >= 4 is 0 Å². The summed E-state index contributed by atoms with van der Waals surface area (Å²) in [6.45, 7) is 5.15. The fraction of sp³-hybridized carbons (Fsp3) is 0.636. The van der Waals surface area contributed by atoms with E-state index in [9.17, 15) is 0 Å². The Morgan fingerprint density at radius 1 is 1.31 bits per heavy atom. The molecule has 0 atom stereocenters. The van der Waals surface area contributed by atoms with Gasteiger partial charge in [-0.15, -0.1) is 0 Å². The standard InChI is InChI=1S/C11H17NO/c1-2-4-11(5-3-1)10-12-6-8-13-9-7-12/h1-2,4H,3,5-10H2. The summed E-state index contributed by atoms with van der Waals surface area (Å²) < 4.78 is 5.31. The highest BCUT2D eigenvalue weighted by molar-refractivity contribution is 5.18. The maximum absolute atomic E-state index is 5.31. The smallest absolute Gasteiger partial charge is 0.0594 e. The fourth-order valence-electron chi connectivity index (χ4n) is 1.83. The largest absolute Gasteiger partial charge is 0.379 e. The zero-order chi connectivity index (χ0) is 8.93. The number of hydrogen-bond donors (Lipinski definition) is 0. The first-order valence-electron chi connectivity index (χ1n) is 5.10. The molecule has 1 fully saturated rings. The zero-order valence-corrected chi connectivity index (χ0v) is 8.04. The highest BCUT2D eigenvalue weighted by atomic mass is 16.5. The average Bonchev–Trinajstić information content (AvgIpc) is 2.21. The SMILES string of the molecule is C1=CCCC(CN2CCOCC2)=C1. The van der Waals surface area contributed by atoms with Crippen molar-refractivity contribution in [2.75, 3.05) is 32.8 Å². The number of allylic oxidation sites excluding steroid dienone is 3. The molecule has 2 aliphatic rings. The third kappa shape index (κ3) is 2.68. The van der Waals surface area contributed by atoms with Gasteiger partial charge in [-0.2, -0.15) is 0 Å². The van der Waals surface area contributed by atoms with E-state index in [1.807, 2.05) is 0 Å². The van der Waals surface area contributed by atoms with E-state index in [0.29, 0.717) is 0 Å². The van der Waals surface area contributed by atoms with Crippen LogP contribution in [-0.2, 0) is 4.74 Å². The molecule has 1 aliphatic carbocycles. The summed E-state index contributed by atoms with van der Waals surface area (Å²) in [7, 11) is 0. The van der Waals surface area contributed by atoms with Crippen LogP contribution in [0.4, 0.5) is 0 Å². The van der Waals surface area contributed by atoms with Crippen LogP contribution in [0.1, 0.15) is 12.8 Å². The molecule has 0 radical (unpaired) electrons. The molecule has 0 N–H and O–H groups in total. The normalized spacial score (nSPS) is 24.5. The molecule has 0 amide bonds. The fourth-order valence-corrected chi connectivity index (χ4v) is 1.83. The molecule has 72 valence electrons. The van der Waals surface area contributed by atoms with Gasteiger partial charge in [0.05, 0.1) is 13.2 Å². The van der Waals surface area contributed by atoms with Crippen LogP contribution < -0.4 is 0 Å². The Hall–Kier alpha value is -0.600. The Kier molecular flexibility index (Phi) is 3.16. The molecule has 0 unspecified atom stereocenters. The van der Waals surface area contributed by atoms with Crippen LogP contribution >= 0.6 is 0 Å². The third-order valence-electron chi connectivity index (χ3n) is 2.63. The lowest BCUT2D eigenvalue weighted by Gasteiger charge is -2.27. The van der Waals surface area contributed by atoms with E-state index in [-0.39, 0.29) is 0 Å². The molecule has 2 nitrogen and oxygen atoms in total. The van der Waals surface area contributed by atoms with Crippen LogP contribution in [0.15, 0.2) is 23.8 Å². The zero-order valence-electron chi connectivity index (χ0n) is 8.04. The van der Waals surface area contributed by atoms with Crippen molar-refractivity contribution in [2.24, 2.45) is 0 Å². The van der Waals surface area contributed by atoms with Crippen molar-refractivity contribution in [1.29, 1.82) is 0 Å². The summed E-state index contributed by atoms with van der Waals surface area (Å²) in [5.74, 6) is 0. The number of rotatable bonds is 2. The lowest BCUT2D eigenvalue weighted by molar-refractivity contribution is 0.0419. The number of nitrogens with zero attached hydrogens (tertiary/aromatic N) is 1. The number of hydrogen-bond acceptors (Lipinski definition) is 2. The quantitative estimate of drug-likeness (QED) is 0.638. The molecule has 0 aromatic carbocycles. The minimum atomic E-state index is 0.906. The first-order valence-corrected chi connectivity index (χ1v) is 5.10. The summed E-state index contributed by atoms with van der Waals surface area (Å²) in [6.07, 6.45) is 9.14. The van der Waals surface area contributed by atoms with Crippen molar-refractivity contribution in [3.05, 3.63) is 23.8 Å². The van der Waals surface area contributed by atoms with E-state index < -0.39 is 0 Å². The molecule has 2 rings (SSSR count). The first kappa shape index (κ1) is 8.97. The van der Waals surface area contributed by atoms with E-state index in [1.54, 1.807) is 5.57 Å². The van der Waals surface area contributed by atoms with Crippen LogP contribution in [0.2, 0.25) is 0 Å². The Morgan fingerprint density at radius 3 is 2.85 bits per heavy atom. The van der Waals surface area contributed by atoms with Crippen molar-refractivity contribution in [1.82, 2.24) is 4.90 Å². The van der Waals surface area contributed by atoms with Gasteiger partial charge in [-0.05, 0) is 12.8 Å². The van der Waals surface area contributed by atoms with Gasteiger partial charge in [-0.3, -0.25) is 4.90 Å². The van der Waals surface area contributed by atoms with Crippen LogP contribution in [0.25, 0.3) is 0 Å². The molecule has 2 heteroatoms. The van der Waals surface area contributed by atoms with Gasteiger partial charge < -0.3 is 4.74 Å². The predicted molar refractivity (Wildman–Crippen MR) is 53.7 cm³/mol. The Balaban J connectivity index is 1.82. The lowest BCUT2D eigenvalue weighted by atomic mass is 10.0. The highest BCUT2D eigenvalue weighted by Crippen LogP contribution is 2.13. The van der Waals surface area contributed by atoms with E-state index >= 15 is 0 Å². The van der Waals surface area contributed by atoms with Gasteiger partial charge in [-0.1, -0.05) is 23.8 Å². The molecule has 0 aromatic heterocycles. The van der Waals surface area contributed by atoms with Crippen LogP contribution in [-0.4, -0.2) is 37.7 Å². The molecule has 1 aliphatic heterocycles. The second-order valence-corrected chi connectivity index (χ2v) is 3.68. The predicted octanol–water partition coefficient (Wildman–Crippen LogP) is 1.60. The van der Waals surface area contributed by atoms with E-state index in [1.165, 1.54) is 12.8 Å². The molecule has 0 bridgehead atoms. The summed E-state index contributed by atoms with van der Waals surface area (Å²) in [5.41, 5.74) is 1.57. The molecule has 0 saturated carbocycles. The average molecular weight is 179 g/mol. The first-order chi connectivity index (χ1) is 6.45. The van der Waals surface area contributed by atoms with Gasteiger partial charge in [0.25, 0.3) is 0 Å². The van der Waals surface area contributed by atoms with Crippen molar-refractivity contribution < 1.29 is 4.74 Å². The van der Waals surface area contributed by atoms with Gasteiger partial charge in [0.15, 0.2) is 0 Å². The molecule has 0 aromatic rings. The summed E-state index contributed by atoms with van der Waals surface area (Å²) in [6, 6.07) is 0. The second kappa shape index (κ2) is 4.58. The molecular formula is C11H17NO. The van der Waals surface area contributed by atoms with Crippen molar-refractivity contribution in [3.8, 4) is 0 Å². The molecule has 0 spiro atoms. The van der Waals surface area contributed by atoms with Gasteiger partial charge in [-0.25, -0.2) is 0 Å². The summed E-state index contributed by atoms with van der Waals surface area (Å²) in [5, 5.41) is 0. The molecular weight excluding hydrogens is 162 g/mol. The van der Waals surface area contributed by atoms with E-state index in [2.05, 4.69) is 23.1 Å². The van der Waals surface area contributed by atoms with Gasteiger partial charge in [0.2, 0.25) is 0 Å². The second-order valence-electron chi connectivity index (χ2n) is 3.68. The van der Waals surface area contributed by atoms with Crippen molar-refractivity contribution in [3.63, 3.8) is 0 Å². The maximum atomic E-state index is 5.31. The molecule has 1 saturated heterocycles.